The summed E-state index contributed by atoms with van der Waals surface area (Å²) in [6.45, 7) is 8.21. The Morgan fingerprint density at radius 3 is 2.41 bits per heavy atom. The van der Waals surface area contributed by atoms with Gasteiger partial charge < -0.3 is 11.1 Å². The van der Waals surface area contributed by atoms with Crippen molar-refractivity contribution in [2.24, 2.45) is 5.73 Å². The quantitative estimate of drug-likeness (QED) is 0.896. The highest BCUT2D eigenvalue weighted by Gasteiger charge is 2.27. The highest BCUT2D eigenvalue weighted by Crippen LogP contribution is 2.32. The minimum atomic E-state index is -0.827. The minimum absolute atomic E-state index is 0.0857. The van der Waals surface area contributed by atoms with Crippen molar-refractivity contribution in [3.05, 3.63) is 20.8 Å². The summed E-state index contributed by atoms with van der Waals surface area (Å²) in [5.41, 5.74) is 4.82. The van der Waals surface area contributed by atoms with Gasteiger partial charge in [0.25, 0.3) is 0 Å². The number of carbonyl (C=O) groups is 1. The number of nitrogens with one attached hydrogen (secondary N) is 1. The number of thiophene rings is 1. The average Bonchev–Trinajstić information content (AvgIpc) is 2.60. The first-order valence-electron chi connectivity index (χ1n) is 5.46. The Kier molecular flexibility index (Phi) is 4.38. The molecule has 0 aliphatic heterocycles. The molecule has 0 spiro atoms. The Morgan fingerprint density at radius 1 is 1.41 bits per heavy atom. The summed E-state index contributed by atoms with van der Waals surface area (Å²) in [5.74, 6) is -0.124. The fourth-order valence-corrected chi connectivity index (χ4v) is 2.78. The van der Waals surface area contributed by atoms with Gasteiger partial charge in [0, 0.05) is 16.8 Å². The van der Waals surface area contributed by atoms with E-state index < -0.39 is 5.54 Å². The van der Waals surface area contributed by atoms with Crippen molar-refractivity contribution < 1.29 is 4.79 Å². The maximum Gasteiger partial charge on any atom is 0.239 e. The first-order valence-corrected chi connectivity index (χ1v) is 7.07. The van der Waals surface area contributed by atoms with Gasteiger partial charge in [0.15, 0.2) is 0 Å². The van der Waals surface area contributed by atoms with Crippen molar-refractivity contribution >= 4 is 33.2 Å². The summed E-state index contributed by atoms with van der Waals surface area (Å²) in [6.07, 6.45) is 0. The van der Waals surface area contributed by atoms with E-state index in [-0.39, 0.29) is 11.3 Å². The zero-order valence-corrected chi connectivity index (χ0v) is 13.0. The third kappa shape index (κ3) is 4.08. The first-order chi connectivity index (χ1) is 7.63. The lowest BCUT2D eigenvalue weighted by Gasteiger charge is -2.26. The number of amides is 1. The van der Waals surface area contributed by atoms with Crippen LogP contribution in [0.3, 0.4) is 0 Å². The van der Waals surface area contributed by atoms with Crippen LogP contribution >= 0.6 is 27.3 Å². The fourth-order valence-electron chi connectivity index (χ4n) is 1.29. The third-order valence-corrected chi connectivity index (χ3v) is 4.51. The highest BCUT2D eigenvalue weighted by atomic mass is 79.9. The van der Waals surface area contributed by atoms with Crippen molar-refractivity contribution in [1.29, 1.82) is 0 Å². The molecular weight excluding hydrogens is 300 g/mol. The molecule has 0 aliphatic carbocycles. The maximum absolute atomic E-state index is 11.7. The lowest BCUT2D eigenvalue weighted by atomic mass is 9.91. The predicted molar refractivity (Wildman–Crippen MR) is 76.3 cm³/mol. The molecule has 3 nitrogen and oxygen atoms in total. The second-order valence-corrected chi connectivity index (χ2v) is 7.86. The van der Waals surface area contributed by atoms with Crippen LogP contribution in [0, 0.1) is 0 Å². The summed E-state index contributed by atoms with van der Waals surface area (Å²) in [5, 5.41) is 2.90. The van der Waals surface area contributed by atoms with Crippen molar-refractivity contribution in [2.75, 3.05) is 6.54 Å². The van der Waals surface area contributed by atoms with Crippen LogP contribution in [0.5, 0.6) is 0 Å². The van der Waals surface area contributed by atoms with E-state index in [9.17, 15) is 4.79 Å². The Bertz CT molecular complexity index is 407. The Morgan fingerprint density at radius 2 is 2.00 bits per heavy atom. The molecule has 3 N–H and O–H groups in total. The van der Waals surface area contributed by atoms with Crippen LogP contribution in [0.25, 0.3) is 0 Å². The van der Waals surface area contributed by atoms with Crippen LogP contribution in [-0.2, 0) is 10.2 Å². The van der Waals surface area contributed by atoms with Gasteiger partial charge in [-0.1, -0.05) is 13.8 Å². The SMILES string of the molecule is CC(C)(N)C(=O)NCC(C)(C)c1ccc(Br)s1. The van der Waals surface area contributed by atoms with Crippen LogP contribution in [0.4, 0.5) is 0 Å². The number of nitrogens with two attached hydrogens (primary N) is 1. The van der Waals surface area contributed by atoms with Crippen LogP contribution < -0.4 is 11.1 Å². The molecule has 1 aromatic rings. The van der Waals surface area contributed by atoms with E-state index in [4.69, 9.17) is 5.73 Å². The highest BCUT2D eigenvalue weighted by molar-refractivity contribution is 9.11. The maximum atomic E-state index is 11.7. The molecule has 0 radical (unpaired) electrons. The van der Waals surface area contributed by atoms with E-state index in [0.717, 1.165) is 3.79 Å². The Labute approximate surface area is 115 Å². The first kappa shape index (κ1) is 14.7. The van der Waals surface area contributed by atoms with E-state index >= 15 is 0 Å². The molecule has 0 fully saturated rings. The Balaban J connectivity index is 2.65. The molecule has 1 heterocycles. The van der Waals surface area contributed by atoms with E-state index in [1.807, 2.05) is 6.07 Å². The van der Waals surface area contributed by atoms with Gasteiger partial charge in [-0.05, 0) is 41.9 Å². The molecular formula is C12H19BrN2OS. The molecule has 1 rings (SSSR count). The van der Waals surface area contributed by atoms with Gasteiger partial charge in [0.2, 0.25) is 5.91 Å². The molecule has 5 heteroatoms. The molecule has 96 valence electrons. The molecule has 0 aromatic carbocycles. The van der Waals surface area contributed by atoms with Gasteiger partial charge in [0.1, 0.15) is 0 Å². The van der Waals surface area contributed by atoms with Crippen molar-refractivity contribution in [3.63, 3.8) is 0 Å². The van der Waals surface area contributed by atoms with Crippen LogP contribution in [0.1, 0.15) is 32.6 Å². The van der Waals surface area contributed by atoms with Crippen LogP contribution in [0.15, 0.2) is 15.9 Å². The molecule has 0 atom stereocenters. The van der Waals surface area contributed by atoms with Gasteiger partial charge in [-0.2, -0.15) is 0 Å². The van der Waals surface area contributed by atoms with E-state index in [0.29, 0.717) is 6.54 Å². The van der Waals surface area contributed by atoms with Gasteiger partial charge in [-0.3, -0.25) is 4.79 Å². The lowest BCUT2D eigenvalue weighted by molar-refractivity contribution is -0.125. The van der Waals surface area contributed by atoms with E-state index in [1.54, 1.807) is 25.2 Å². The van der Waals surface area contributed by atoms with Crippen molar-refractivity contribution in [1.82, 2.24) is 5.32 Å². The second kappa shape index (κ2) is 5.08. The molecule has 0 saturated heterocycles. The summed E-state index contributed by atoms with van der Waals surface area (Å²) in [4.78, 5) is 12.9. The zero-order valence-electron chi connectivity index (χ0n) is 10.6. The third-order valence-electron chi connectivity index (χ3n) is 2.52. The standard InChI is InChI=1S/C12H19BrN2OS/c1-11(2,8-5-6-9(13)17-8)7-15-10(16)12(3,4)14/h5-6H,7,14H2,1-4H3,(H,15,16). The smallest absolute Gasteiger partial charge is 0.239 e. The normalized spacial score (nSPS) is 12.6. The minimum Gasteiger partial charge on any atom is -0.354 e. The molecule has 0 saturated carbocycles. The molecule has 0 bridgehead atoms. The summed E-state index contributed by atoms with van der Waals surface area (Å²) >= 11 is 5.14. The number of hydrogen-bond acceptors (Lipinski definition) is 3. The largest absolute Gasteiger partial charge is 0.354 e. The number of halogens is 1. The van der Waals surface area contributed by atoms with Crippen molar-refractivity contribution in [2.45, 2.75) is 38.6 Å². The molecule has 1 aromatic heterocycles. The monoisotopic (exact) mass is 318 g/mol. The summed E-state index contributed by atoms with van der Waals surface area (Å²) < 4.78 is 1.10. The molecule has 0 aliphatic rings. The number of rotatable bonds is 4. The number of carbonyl (C=O) groups excluding carboxylic acids is 1. The molecule has 0 unspecified atom stereocenters. The fraction of sp³-hybridized carbons (Fsp3) is 0.583. The van der Waals surface area contributed by atoms with Crippen LogP contribution in [-0.4, -0.2) is 18.0 Å². The van der Waals surface area contributed by atoms with Gasteiger partial charge in [-0.15, -0.1) is 11.3 Å². The number of hydrogen-bond donors (Lipinski definition) is 2. The van der Waals surface area contributed by atoms with E-state index in [2.05, 4.69) is 41.2 Å². The van der Waals surface area contributed by atoms with Gasteiger partial charge in [-0.25, -0.2) is 0 Å². The average molecular weight is 319 g/mol. The Hall–Kier alpha value is -0.390. The van der Waals surface area contributed by atoms with Crippen molar-refractivity contribution in [3.8, 4) is 0 Å². The summed E-state index contributed by atoms with van der Waals surface area (Å²) in [6, 6.07) is 4.10. The van der Waals surface area contributed by atoms with Crippen LogP contribution in [0.2, 0.25) is 0 Å². The van der Waals surface area contributed by atoms with Gasteiger partial charge >= 0.3 is 0 Å². The van der Waals surface area contributed by atoms with E-state index in [1.165, 1.54) is 4.88 Å². The zero-order chi connectivity index (χ0) is 13.3. The van der Waals surface area contributed by atoms with Gasteiger partial charge in [0.05, 0.1) is 9.33 Å². The lowest BCUT2D eigenvalue weighted by Crippen LogP contribution is -2.51. The predicted octanol–water partition coefficient (Wildman–Crippen LogP) is 2.64. The molecule has 1 amide bonds. The molecule has 17 heavy (non-hydrogen) atoms. The second-order valence-electron chi connectivity index (χ2n) is 5.39. The topological polar surface area (TPSA) is 55.1 Å². The summed E-state index contributed by atoms with van der Waals surface area (Å²) in [7, 11) is 0.